The highest BCUT2D eigenvalue weighted by atomic mass is 31.2. The van der Waals surface area contributed by atoms with Crippen molar-refractivity contribution in [3.05, 3.63) is 24.3 Å². The van der Waals surface area contributed by atoms with Gasteiger partial charge in [0, 0.05) is 25.7 Å². The number of hydrogen-bond donors (Lipinski definition) is 3. The van der Waals surface area contributed by atoms with E-state index >= 15 is 0 Å². The van der Waals surface area contributed by atoms with Crippen LogP contribution in [0.4, 0.5) is 0 Å². The van der Waals surface area contributed by atoms with E-state index in [2.05, 4.69) is 72.8 Å². The third-order valence-corrected chi connectivity index (χ3v) is 20.0. The maximum absolute atomic E-state index is 13.1. The lowest BCUT2D eigenvalue weighted by molar-refractivity contribution is -0.161. The summed E-state index contributed by atoms with van der Waals surface area (Å²) in [5.41, 5.74) is 0. The van der Waals surface area contributed by atoms with Crippen LogP contribution >= 0.6 is 15.6 Å². The predicted octanol–water partition coefficient (Wildman–Crippen LogP) is 22.9. The van der Waals surface area contributed by atoms with E-state index in [0.29, 0.717) is 31.6 Å². The van der Waals surface area contributed by atoms with Crippen molar-refractivity contribution in [3.8, 4) is 0 Å². The molecule has 6 atom stereocenters. The molecule has 0 saturated heterocycles. The minimum absolute atomic E-state index is 0.0851. The molecule has 0 rings (SSSR count). The average molecular weight is 1430 g/mol. The zero-order valence-electron chi connectivity index (χ0n) is 63.7. The van der Waals surface area contributed by atoms with Gasteiger partial charge in [0.15, 0.2) is 12.2 Å². The van der Waals surface area contributed by atoms with E-state index in [1.54, 1.807) is 0 Å². The third-order valence-electron chi connectivity index (χ3n) is 18.1. The summed E-state index contributed by atoms with van der Waals surface area (Å²) in [5, 5.41) is 10.6. The Bertz CT molecular complexity index is 2000. The van der Waals surface area contributed by atoms with Gasteiger partial charge in [-0.1, -0.05) is 330 Å². The van der Waals surface area contributed by atoms with Crippen molar-refractivity contribution in [2.75, 3.05) is 39.6 Å². The van der Waals surface area contributed by atoms with Gasteiger partial charge in [0.05, 0.1) is 26.4 Å². The van der Waals surface area contributed by atoms with Crippen molar-refractivity contribution in [3.63, 3.8) is 0 Å². The second kappa shape index (κ2) is 68.9. The fourth-order valence-electron chi connectivity index (χ4n) is 11.6. The second-order valence-electron chi connectivity index (χ2n) is 29.0. The zero-order chi connectivity index (χ0) is 72.3. The first-order valence-corrected chi connectivity index (χ1v) is 43.2. The monoisotopic (exact) mass is 1430 g/mol. The molecule has 578 valence electrons. The molecule has 3 N–H and O–H groups in total. The highest BCUT2D eigenvalue weighted by molar-refractivity contribution is 7.47. The topological polar surface area (TPSA) is 237 Å². The predicted molar refractivity (Wildman–Crippen MR) is 400 cm³/mol. The lowest BCUT2D eigenvalue weighted by Crippen LogP contribution is -2.30. The van der Waals surface area contributed by atoms with Crippen LogP contribution in [0.2, 0.25) is 0 Å². The van der Waals surface area contributed by atoms with Crippen LogP contribution in [0.15, 0.2) is 24.3 Å². The molecular weight excluding hydrogens is 1280 g/mol. The number of rotatable bonds is 75. The number of hydrogen-bond acceptors (Lipinski definition) is 15. The quantitative estimate of drug-likeness (QED) is 0.0169. The van der Waals surface area contributed by atoms with Crippen molar-refractivity contribution < 1.29 is 80.2 Å². The van der Waals surface area contributed by atoms with Crippen LogP contribution in [-0.2, 0) is 65.4 Å². The summed E-state index contributed by atoms with van der Waals surface area (Å²) in [6, 6.07) is 0. The first-order valence-electron chi connectivity index (χ1n) is 40.2. The van der Waals surface area contributed by atoms with Crippen molar-refractivity contribution in [1.29, 1.82) is 0 Å². The Morgan fingerprint density at radius 2 is 0.602 bits per heavy atom. The number of ether oxygens (including phenoxy) is 4. The summed E-state index contributed by atoms with van der Waals surface area (Å²) >= 11 is 0. The van der Waals surface area contributed by atoms with Crippen molar-refractivity contribution >= 4 is 39.5 Å². The van der Waals surface area contributed by atoms with E-state index in [1.807, 2.05) is 0 Å². The first kappa shape index (κ1) is 95.5. The Morgan fingerprint density at radius 1 is 0.337 bits per heavy atom. The summed E-state index contributed by atoms with van der Waals surface area (Å²) in [6.45, 7) is 11.8. The lowest BCUT2D eigenvalue weighted by atomic mass is 9.99. The number of aliphatic hydroxyl groups excluding tert-OH is 1. The number of unbranched alkanes of at least 4 members (excludes halogenated alkanes) is 39. The summed E-state index contributed by atoms with van der Waals surface area (Å²) in [7, 11) is -9.93. The maximum atomic E-state index is 13.1. The van der Waals surface area contributed by atoms with Gasteiger partial charge in [-0.2, -0.15) is 0 Å². The Morgan fingerprint density at radius 3 is 0.908 bits per heavy atom. The smallest absolute Gasteiger partial charge is 0.462 e. The van der Waals surface area contributed by atoms with Gasteiger partial charge in [0.2, 0.25) is 0 Å². The number of carbonyl (C=O) groups is 4. The number of aliphatic hydroxyl groups is 1. The van der Waals surface area contributed by atoms with Crippen LogP contribution in [0.1, 0.15) is 382 Å². The molecule has 0 bridgehead atoms. The van der Waals surface area contributed by atoms with Crippen molar-refractivity contribution in [1.82, 2.24) is 0 Å². The molecule has 0 aromatic heterocycles. The Hall–Kier alpha value is -2.46. The molecule has 0 saturated carbocycles. The van der Waals surface area contributed by atoms with Gasteiger partial charge in [0.25, 0.3) is 0 Å². The number of phosphoric ester groups is 2. The van der Waals surface area contributed by atoms with Crippen molar-refractivity contribution in [2.24, 2.45) is 17.8 Å². The Labute approximate surface area is 599 Å². The molecule has 0 spiro atoms. The summed E-state index contributed by atoms with van der Waals surface area (Å²) in [5.74, 6) is 0.145. The molecule has 98 heavy (non-hydrogen) atoms. The van der Waals surface area contributed by atoms with Crippen LogP contribution < -0.4 is 0 Å². The SMILES string of the molecule is CCCCCC/C=C\C=C/CCCCCCCC(=O)O[C@H](COC(=O)CCCCCCCCCCCCCCCCCCCCC(C)C)COP(=O)(O)OCC(O)COP(=O)(O)OC[C@@H](COC(=O)CCCCCCCCCC(C)C)OC(=O)CCCCCCCCCCC(C)CC. The maximum Gasteiger partial charge on any atom is 0.472 e. The lowest BCUT2D eigenvalue weighted by Gasteiger charge is -2.21. The second-order valence-corrected chi connectivity index (χ2v) is 31.9. The van der Waals surface area contributed by atoms with Gasteiger partial charge in [-0.3, -0.25) is 37.3 Å². The third kappa shape index (κ3) is 70.6. The number of carbonyl (C=O) groups excluding carboxylic acids is 4. The van der Waals surface area contributed by atoms with Crippen LogP contribution in [0.25, 0.3) is 0 Å². The molecule has 0 aromatic carbocycles. The van der Waals surface area contributed by atoms with Crippen LogP contribution in [0.5, 0.6) is 0 Å². The molecule has 0 heterocycles. The van der Waals surface area contributed by atoms with Crippen LogP contribution in [0.3, 0.4) is 0 Å². The average Bonchev–Trinajstić information content (AvgIpc) is 1.17. The summed E-state index contributed by atoms with van der Waals surface area (Å²) in [6.07, 6.45) is 59.2. The van der Waals surface area contributed by atoms with E-state index < -0.39 is 97.5 Å². The highest BCUT2D eigenvalue weighted by Gasteiger charge is 2.30. The van der Waals surface area contributed by atoms with E-state index in [0.717, 1.165) is 121 Å². The molecule has 19 heteroatoms. The van der Waals surface area contributed by atoms with E-state index in [9.17, 15) is 43.2 Å². The summed E-state index contributed by atoms with van der Waals surface area (Å²) < 4.78 is 68.5. The minimum atomic E-state index is -4.97. The number of esters is 4. The number of phosphoric acid groups is 2. The van der Waals surface area contributed by atoms with Crippen LogP contribution in [0, 0.1) is 17.8 Å². The van der Waals surface area contributed by atoms with Crippen molar-refractivity contribution in [2.45, 2.75) is 401 Å². The molecule has 0 aliphatic heterocycles. The van der Waals surface area contributed by atoms with Gasteiger partial charge >= 0.3 is 39.5 Å². The molecule has 0 aliphatic carbocycles. The minimum Gasteiger partial charge on any atom is -0.462 e. The molecular formula is C79H150O17P2. The standard InChI is InChI=1S/C79H150O17P2/c1-8-10-11-12-13-14-15-16-21-26-29-32-40-48-55-62-78(83)95-74(66-89-76(81)60-53-46-39-31-28-25-23-20-18-17-19-22-24-27-30-36-43-50-57-70(3)4)68-93-97(85,86)91-64-73(80)65-92-98(87,88)94-69-75(67-90-77(82)61-54-47-42-35-37-44-51-58-71(5)6)96-79(84)63-56-49-41-34-33-38-45-52-59-72(7)9-2/h14-16,21,70-75,80H,8-13,17-20,22-69H2,1-7H3,(H,85,86)(H,87,88)/b15-14-,21-16-/t72?,73?,74-,75-/m1/s1. The molecule has 4 unspecified atom stereocenters. The van der Waals surface area contributed by atoms with Gasteiger partial charge in [-0.25, -0.2) is 9.13 Å². The zero-order valence-corrected chi connectivity index (χ0v) is 65.5. The first-order chi connectivity index (χ1) is 47.3. The van der Waals surface area contributed by atoms with Gasteiger partial charge in [0.1, 0.15) is 19.3 Å². The van der Waals surface area contributed by atoms with E-state index in [4.69, 9.17) is 37.0 Å². The molecule has 0 aliphatic rings. The fourth-order valence-corrected chi connectivity index (χ4v) is 13.1. The largest absolute Gasteiger partial charge is 0.472 e. The van der Waals surface area contributed by atoms with Gasteiger partial charge in [-0.05, 0) is 69.1 Å². The Kier molecular flexibility index (Phi) is 67.2. The fraction of sp³-hybridized carbons (Fsp3) is 0.899. The number of allylic oxidation sites excluding steroid dienone is 4. The molecule has 0 radical (unpaired) electrons. The van der Waals surface area contributed by atoms with E-state index in [1.165, 1.54) is 173 Å². The highest BCUT2D eigenvalue weighted by Crippen LogP contribution is 2.45. The molecule has 0 amide bonds. The molecule has 0 fully saturated rings. The molecule has 17 nitrogen and oxygen atoms in total. The summed E-state index contributed by atoms with van der Waals surface area (Å²) in [4.78, 5) is 72.8. The normalized spacial score (nSPS) is 14.4. The van der Waals surface area contributed by atoms with Gasteiger partial charge in [-0.15, -0.1) is 0 Å². The van der Waals surface area contributed by atoms with E-state index in [-0.39, 0.29) is 25.7 Å². The Balaban J connectivity index is 5.24. The molecule has 0 aromatic rings. The van der Waals surface area contributed by atoms with Crippen LogP contribution in [-0.4, -0.2) is 96.7 Å². The van der Waals surface area contributed by atoms with Gasteiger partial charge < -0.3 is 33.8 Å².